The molecule has 0 saturated carbocycles. The summed E-state index contributed by atoms with van der Waals surface area (Å²) in [5, 5.41) is 0.673. The van der Waals surface area contributed by atoms with Crippen LogP contribution < -0.4 is 9.47 Å². The molecule has 30 heavy (non-hydrogen) atoms. The molecule has 0 aliphatic rings. The van der Waals surface area contributed by atoms with Crippen molar-refractivity contribution in [2.45, 2.75) is 0 Å². The molecular weight excluding hydrogens is 462 g/mol. The van der Waals surface area contributed by atoms with E-state index in [4.69, 9.17) is 14.5 Å². The highest BCUT2D eigenvalue weighted by Gasteiger charge is 2.19. The molecule has 0 spiro atoms. The van der Waals surface area contributed by atoms with E-state index in [2.05, 4.69) is 15.9 Å². The largest absolute Gasteiger partial charge is 0.493 e. The smallest absolute Gasteiger partial charge is 0.196 e. The summed E-state index contributed by atoms with van der Waals surface area (Å²) in [6, 6.07) is 20.8. The van der Waals surface area contributed by atoms with Gasteiger partial charge in [0.2, 0.25) is 0 Å². The van der Waals surface area contributed by atoms with Gasteiger partial charge in [0.15, 0.2) is 17.3 Å². The first kappa shape index (κ1) is 20.3. The molecule has 0 aliphatic carbocycles. The van der Waals surface area contributed by atoms with E-state index in [9.17, 15) is 4.79 Å². The maximum Gasteiger partial charge on any atom is 0.196 e. The maximum atomic E-state index is 13.4. The van der Waals surface area contributed by atoms with Crippen LogP contribution in [0, 0.1) is 0 Å². The number of ketones is 1. The second-order valence-corrected chi connectivity index (χ2v) is 8.35. The monoisotopic (exact) mass is 479 g/mol. The number of ether oxygens (including phenoxy) is 2. The number of fused-ring (bicyclic) bond motifs is 1. The Bertz CT molecular complexity index is 1220. The summed E-state index contributed by atoms with van der Waals surface area (Å²) in [6.07, 6.45) is 1.85. The lowest BCUT2D eigenvalue weighted by Gasteiger charge is -2.11. The van der Waals surface area contributed by atoms with Crippen LogP contribution in [-0.4, -0.2) is 25.0 Å². The van der Waals surface area contributed by atoms with Crippen LogP contribution in [0.1, 0.15) is 20.9 Å². The Morgan fingerprint density at radius 2 is 1.63 bits per heavy atom. The molecule has 1 aromatic heterocycles. The number of aromatic nitrogens is 1. The van der Waals surface area contributed by atoms with Crippen LogP contribution in [-0.2, 0) is 0 Å². The summed E-state index contributed by atoms with van der Waals surface area (Å²) in [5.41, 5.74) is 2.80. The van der Waals surface area contributed by atoms with E-state index in [1.54, 1.807) is 14.2 Å². The highest BCUT2D eigenvalue weighted by molar-refractivity contribution is 9.10. The molecule has 0 N–H and O–H groups in total. The number of halogens is 1. The molecule has 1 heterocycles. The van der Waals surface area contributed by atoms with Crippen LogP contribution in [0.2, 0.25) is 0 Å². The van der Waals surface area contributed by atoms with Crippen LogP contribution in [0.5, 0.6) is 11.5 Å². The van der Waals surface area contributed by atoms with Crippen molar-refractivity contribution in [1.82, 2.24) is 4.98 Å². The number of para-hydroxylation sites is 1. The first-order valence-corrected chi connectivity index (χ1v) is 10.8. The van der Waals surface area contributed by atoms with Crippen LogP contribution in [0.25, 0.3) is 21.9 Å². The molecular formula is C24H18BrNO3S. The van der Waals surface area contributed by atoms with E-state index in [1.807, 2.05) is 72.8 Å². The normalized spacial score (nSPS) is 11.5. The van der Waals surface area contributed by atoms with E-state index < -0.39 is 0 Å². The summed E-state index contributed by atoms with van der Waals surface area (Å²) >= 11 is 5.08. The number of nitrogens with zero attached hydrogens (tertiary/aromatic N) is 1. The standard InChI is InChI=1S/C24H18BrNO3S/c1-28-20-13-16(18(25)14-21(20)29-2)12-17(23(27)15-8-4-3-5-9-15)24-26-19-10-6-7-11-22(19)30-24/h3-14H,1-2H3. The fourth-order valence-electron chi connectivity index (χ4n) is 3.09. The second-order valence-electron chi connectivity index (χ2n) is 6.47. The number of carbonyl (C=O) groups is 1. The number of benzene rings is 3. The van der Waals surface area contributed by atoms with Crippen molar-refractivity contribution in [3.8, 4) is 11.5 Å². The van der Waals surface area contributed by atoms with E-state index in [-0.39, 0.29) is 5.78 Å². The Balaban J connectivity index is 1.90. The number of rotatable bonds is 6. The number of allylic oxidation sites excluding steroid dienone is 1. The van der Waals surface area contributed by atoms with E-state index >= 15 is 0 Å². The van der Waals surface area contributed by atoms with Gasteiger partial charge in [-0.3, -0.25) is 4.79 Å². The first-order valence-electron chi connectivity index (χ1n) is 9.19. The van der Waals surface area contributed by atoms with E-state index in [0.29, 0.717) is 27.6 Å². The van der Waals surface area contributed by atoms with Gasteiger partial charge in [-0.25, -0.2) is 4.98 Å². The number of hydrogen-bond acceptors (Lipinski definition) is 5. The van der Waals surface area contributed by atoms with Crippen LogP contribution in [0.4, 0.5) is 0 Å². The summed E-state index contributed by atoms with van der Waals surface area (Å²) in [6.45, 7) is 0. The zero-order valence-electron chi connectivity index (χ0n) is 16.4. The SMILES string of the molecule is COc1cc(Br)c(C=C(C(=O)c2ccccc2)c2nc3ccccc3s2)cc1OC. The third-order valence-electron chi connectivity index (χ3n) is 4.61. The van der Waals surface area contributed by atoms with Gasteiger partial charge in [0.25, 0.3) is 0 Å². The lowest BCUT2D eigenvalue weighted by molar-refractivity contribution is 0.105. The molecule has 0 unspecified atom stereocenters. The Hall–Kier alpha value is -2.96. The Labute approximate surface area is 186 Å². The maximum absolute atomic E-state index is 13.4. The third-order valence-corrected chi connectivity index (χ3v) is 6.36. The number of thiazole rings is 1. The fraction of sp³-hybridized carbons (Fsp3) is 0.0833. The Morgan fingerprint density at radius 3 is 2.33 bits per heavy atom. The quantitative estimate of drug-likeness (QED) is 0.234. The van der Waals surface area contributed by atoms with Gasteiger partial charge in [-0.15, -0.1) is 11.3 Å². The van der Waals surface area contributed by atoms with Crippen molar-refractivity contribution in [2.75, 3.05) is 14.2 Å². The van der Waals surface area contributed by atoms with E-state index in [1.165, 1.54) is 11.3 Å². The second kappa shape index (κ2) is 8.81. The van der Waals surface area contributed by atoms with Crippen LogP contribution in [0.3, 0.4) is 0 Å². The van der Waals surface area contributed by atoms with Gasteiger partial charge in [0.1, 0.15) is 5.01 Å². The average Bonchev–Trinajstić information content (AvgIpc) is 3.22. The highest BCUT2D eigenvalue weighted by atomic mass is 79.9. The van der Waals surface area contributed by atoms with Crippen molar-refractivity contribution in [3.63, 3.8) is 0 Å². The lowest BCUT2D eigenvalue weighted by Crippen LogP contribution is -2.03. The topological polar surface area (TPSA) is 48.4 Å². The fourth-order valence-corrected chi connectivity index (χ4v) is 4.51. The molecule has 0 aliphatic heterocycles. The van der Waals surface area contributed by atoms with Gasteiger partial charge in [-0.05, 0) is 35.9 Å². The molecule has 0 atom stereocenters. The predicted molar refractivity (Wildman–Crippen MR) is 126 cm³/mol. The average molecular weight is 480 g/mol. The number of hydrogen-bond donors (Lipinski definition) is 0. The summed E-state index contributed by atoms with van der Waals surface area (Å²) < 4.78 is 12.6. The molecule has 0 fully saturated rings. The molecule has 4 nitrogen and oxygen atoms in total. The van der Waals surface area contributed by atoms with Gasteiger partial charge in [0.05, 0.1) is 30.0 Å². The minimum Gasteiger partial charge on any atom is -0.493 e. The summed E-state index contributed by atoms with van der Waals surface area (Å²) in [7, 11) is 3.17. The van der Waals surface area contributed by atoms with Gasteiger partial charge in [-0.2, -0.15) is 0 Å². The molecule has 6 heteroatoms. The molecule has 4 aromatic rings. The number of Topliss-reactive ketones (excluding diaryl/α,β-unsaturated/α-hetero) is 1. The third kappa shape index (κ3) is 4.01. The molecule has 0 radical (unpaired) electrons. The first-order chi connectivity index (χ1) is 14.6. The molecule has 3 aromatic carbocycles. The van der Waals surface area contributed by atoms with Crippen molar-refractivity contribution in [2.24, 2.45) is 0 Å². The van der Waals surface area contributed by atoms with Gasteiger partial charge in [0, 0.05) is 10.0 Å². The number of methoxy groups -OCH3 is 2. The Kier molecular flexibility index (Phi) is 5.97. The molecule has 0 amide bonds. The molecule has 150 valence electrons. The lowest BCUT2D eigenvalue weighted by atomic mass is 10.0. The minimum absolute atomic E-state index is 0.0867. The summed E-state index contributed by atoms with van der Waals surface area (Å²) in [4.78, 5) is 18.2. The van der Waals surface area contributed by atoms with Crippen molar-refractivity contribution in [3.05, 3.63) is 87.3 Å². The van der Waals surface area contributed by atoms with Gasteiger partial charge < -0.3 is 9.47 Å². The van der Waals surface area contributed by atoms with Gasteiger partial charge >= 0.3 is 0 Å². The molecule has 4 rings (SSSR count). The number of carbonyl (C=O) groups excluding carboxylic acids is 1. The van der Waals surface area contributed by atoms with Crippen LogP contribution >= 0.6 is 27.3 Å². The van der Waals surface area contributed by atoms with Crippen molar-refractivity contribution >= 4 is 54.9 Å². The minimum atomic E-state index is -0.0867. The predicted octanol–water partition coefficient (Wildman–Crippen LogP) is 6.50. The molecule has 0 bridgehead atoms. The Morgan fingerprint density at radius 1 is 0.967 bits per heavy atom. The highest BCUT2D eigenvalue weighted by Crippen LogP contribution is 2.37. The van der Waals surface area contributed by atoms with Crippen molar-refractivity contribution < 1.29 is 14.3 Å². The van der Waals surface area contributed by atoms with E-state index in [0.717, 1.165) is 20.3 Å². The zero-order chi connectivity index (χ0) is 21.1. The summed E-state index contributed by atoms with van der Waals surface area (Å²) in [5.74, 6) is 1.11. The molecule has 0 saturated heterocycles. The van der Waals surface area contributed by atoms with Gasteiger partial charge in [-0.1, -0.05) is 58.4 Å². The zero-order valence-corrected chi connectivity index (χ0v) is 18.8. The van der Waals surface area contributed by atoms with Crippen LogP contribution in [0.15, 0.2) is 71.2 Å². The van der Waals surface area contributed by atoms with Crippen molar-refractivity contribution in [1.29, 1.82) is 0 Å².